The Balaban J connectivity index is 2.88. The Hall–Kier alpha value is -2.31. The number of carboxylic acids is 1. The Kier molecular flexibility index (Phi) is 6.36. The van der Waals surface area contributed by atoms with Crippen LogP contribution in [-0.4, -0.2) is 35.4 Å². The molecule has 0 radical (unpaired) electrons. The summed E-state index contributed by atoms with van der Waals surface area (Å²) in [6.45, 7) is 7.08. The van der Waals surface area contributed by atoms with Gasteiger partial charge in [-0.25, -0.2) is 14.0 Å². The van der Waals surface area contributed by atoms with Crippen molar-refractivity contribution in [1.29, 1.82) is 0 Å². The number of nitrogens with one attached hydrogen (secondary N) is 1. The Morgan fingerprint density at radius 2 is 2.00 bits per heavy atom. The van der Waals surface area contributed by atoms with Gasteiger partial charge in [0.25, 0.3) is 0 Å². The monoisotopic (exact) mass is 327 g/mol. The topological polar surface area (TPSA) is 84.9 Å². The maximum Gasteiger partial charge on any atom is 0.408 e. The molecule has 1 rings (SSSR count). The van der Waals surface area contributed by atoms with Gasteiger partial charge in [0.2, 0.25) is 0 Å². The number of halogens is 1. The number of amides is 1. The average molecular weight is 327 g/mol. The van der Waals surface area contributed by atoms with Crippen LogP contribution in [0.15, 0.2) is 18.2 Å². The molecule has 0 saturated carbocycles. The van der Waals surface area contributed by atoms with Gasteiger partial charge in [0, 0.05) is 12.5 Å². The third kappa shape index (κ3) is 6.54. The van der Waals surface area contributed by atoms with Crippen molar-refractivity contribution in [2.24, 2.45) is 0 Å². The molecule has 0 spiro atoms. The molecule has 0 heterocycles. The molecule has 0 bridgehead atoms. The van der Waals surface area contributed by atoms with Crippen LogP contribution in [0.3, 0.4) is 0 Å². The maximum absolute atomic E-state index is 13.3. The first-order chi connectivity index (χ1) is 10.6. The second-order valence-electron chi connectivity index (χ2n) is 5.93. The molecule has 0 fully saturated rings. The van der Waals surface area contributed by atoms with Crippen molar-refractivity contribution in [2.75, 3.05) is 6.61 Å². The smallest absolute Gasteiger partial charge is 0.408 e. The summed E-state index contributed by atoms with van der Waals surface area (Å²) >= 11 is 0. The normalized spacial score (nSPS) is 12.4. The van der Waals surface area contributed by atoms with Gasteiger partial charge in [-0.2, -0.15) is 0 Å². The number of benzene rings is 1. The van der Waals surface area contributed by atoms with E-state index >= 15 is 0 Å². The first-order valence-corrected chi connectivity index (χ1v) is 7.26. The number of carbonyl (C=O) groups is 2. The molecule has 1 atom stereocenters. The molecule has 6 nitrogen and oxygen atoms in total. The zero-order valence-corrected chi connectivity index (χ0v) is 13.7. The molecule has 0 aliphatic heterocycles. The Morgan fingerprint density at radius 3 is 2.52 bits per heavy atom. The molecule has 0 aromatic heterocycles. The van der Waals surface area contributed by atoms with Gasteiger partial charge in [0.1, 0.15) is 23.2 Å². The number of carbonyl (C=O) groups excluding carboxylic acids is 1. The predicted octanol–water partition coefficient (Wildman–Crippen LogP) is 2.74. The van der Waals surface area contributed by atoms with E-state index in [-0.39, 0.29) is 12.2 Å². The van der Waals surface area contributed by atoms with Crippen molar-refractivity contribution in [3.05, 3.63) is 29.6 Å². The minimum atomic E-state index is -1.22. The highest BCUT2D eigenvalue weighted by Crippen LogP contribution is 2.22. The summed E-state index contributed by atoms with van der Waals surface area (Å²) in [6.07, 6.45) is -0.880. The third-order valence-electron chi connectivity index (χ3n) is 2.74. The van der Waals surface area contributed by atoms with Crippen LogP contribution in [0.25, 0.3) is 0 Å². The van der Waals surface area contributed by atoms with Crippen molar-refractivity contribution in [2.45, 2.75) is 45.8 Å². The van der Waals surface area contributed by atoms with Crippen LogP contribution in [0.5, 0.6) is 5.75 Å². The SMILES string of the molecule is CCOc1cc(F)ccc1CC(NC(=O)OC(C)(C)C)C(=O)O. The van der Waals surface area contributed by atoms with E-state index in [1.165, 1.54) is 18.2 Å². The fourth-order valence-corrected chi connectivity index (χ4v) is 1.86. The zero-order chi connectivity index (χ0) is 17.6. The summed E-state index contributed by atoms with van der Waals surface area (Å²) < 4.78 is 23.6. The van der Waals surface area contributed by atoms with Crippen molar-refractivity contribution in [3.63, 3.8) is 0 Å². The molecule has 1 aromatic rings. The first-order valence-electron chi connectivity index (χ1n) is 7.26. The lowest BCUT2D eigenvalue weighted by Crippen LogP contribution is -2.44. The van der Waals surface area contributed by atoms with Crippen LogP contribution >= 0.6 is 0 Å². The highest BCUT2D eigenvalue weighted by molar-refractivity contribution is 5.80. The average Bonchev–Trinajstić information content (AvgIpc) is 2.38. The summed E-state index contributed by atoms with van der Waals surface area (Å²) in [5, 5.41) is 11.6. The van der Waals surface area contributed by atoms with Crippen LogP contribution in [0, 0.1) is 5.82 Å². The fraction of sp³-hybridized carbons (Fsp3) is 0.500. The standard InChI is InChI=1S/C16H22FNO5/c1-5-22-13-9-11(17)7-6-10(13)8-12(14(19)20)18-15(21)23-16(2,3)4/h6-7,9,12H,5,8H2,1-4H3,(H,18,21)(H,19,20). The summed E-state index contributed by atoms with van der Waals surface area (Å²) in [4.78, 5) is 23.1. The zero-order valence-electron chi connectivity index (χ0n) is 13.7. The Bertz CT molecular complexity index is 568. The second kappa shape index (κ2) is 7.80. The van der Waals surface area contributed by atoms with E-state index in [4.69, 9.17) is 9.47 Å². The van der Waals surface area contributed by atoms with Gasteiger partial charge >= 0.3 is 12.1 Å². The van der Waals surface area contributed by atoms with Crippen molar-refractivity contribution in [1.82, 2.24) is 5.32 Å². The second-order valence-corrected chi connectivity index (χ2v) is 5.93. The minimum absolute atomic E-state index is 0.0514. The van der Waals surface area contributed by atoms with E-state index in [9.17, 15) is 19.1 Å². The summed E-state index contributed by atoms with van der Waals surface area (Å²) in [6, 6.07) is 2.62. The number of rotatable bonds is 6. The van der Waals surface area contributed by atoms with Gasteiger partial charge in [-0.05, 0) is 39.3 Å². The van der Waals surface area contributed by atoms with Crippen LogP contribution in [0.1, 0.15) is 33.3 Å². The Labute approximate surface area is 134 Å². The van der Waals surface area contributed by atoms with Crippen LogP contribution in [0.2, 0.25) is 0 Å². The number of ether oxygens (including phenoxy) is 2. The first kappa shape index (κ1) is 18.7. The molecule has 0 saturated heterocycles. The van der Waals surface area contributed by atoms with Crippen LogP contribution in [0.4, 0.5) is 9.18 Å². The van der Waals surface area contributed by atoms with E-state index in [1.807, 2.05) is 0 Å². The van der Waals surface area contributed by atoms with E-state index in [0.29, 0.717) is 12.2 Å². The van der Waals surface area contributed by atoms with Crippen LogP contribution in [-0.2, 0) is 16.0 Å². The van der Waals surface area contributed by atoms with E-state index in [2.05, 4.69) is 5.32 Å². The summed E-state index contributed by atoms with van der Waals surface area (Å²) in [5.41, 5.74) is -0.254. The molecule has 0 aliphatic rings. The molecular formula is C16H22FNO5. The predicted molar refractivity (Wildman–Crippen MR) is 82.1 cm³/mol. The number of alkyl carbamates (subject to hydrolysis) is 1. The third-order valence-corrected chi connectivity index (χ3v) is 2.74. The molecule has 2 N–H and O–H groups in total. The molecule has 1 unspecified atom stereocenters. The Morgan fingerprint density at radius 1 is 1.35 bits per heavy atom. The van der Waals surface area contributed by atoms with E-state index < -0.39 is 29.5 Å². The summed E-state index contributed by atoms with van der Waals surface area (Å²) in [7, 11) is 0. The number of hydrogen-bond acceptors (Lipinski definition) is 4. The quantitative estimate of drug-likeness (QED) is 0.839. The minimum Gasteiger partial charge on any atom is -0.493 e. The van der Waals surface area contributed by atoms with Crippen molar-refractivity contribution >= 4 is 12.1 Å². The number of hydrogen-bond donors (Lipinski definition) is 2. The van der Waals surface area contributed by atoms with Gasteiger partial charge in [-0.1, -0.05) is 6.07 Å². The lowest BCUT2D eigenvalue weighted by molar-refractivity contribution is -0.139. The lowest BCUT2D eigenvalue weighted by Gasteiger charge is -2.22. The molecule has 0 aliphatic carbocycles. The maximum atomic E-state index is 13.3. The number of carboxylic acid groups (broad SMARTS) is 1. The van der Waals surface area contributed by atoms with Crippen LogP contribution < -0.4 is 10.1 Å². The molecule has 1 amide bonds. The molecular weight excluding hydrogens is 305 g/mol. The highest BCUT2D eigenvalue weighted by Gasteiger charge is 2.25. The summed E-state index contributed by atoms with van der Waals surface area (Å²) in [5.74, 6) is -1.45. The number of aliphatic carboxylic acids is 1. The van der Waals surface area contributed by atoms with Crippen molar-refractivity contribution in [3.8, 4) is 5.75 Å². The van der Waals surface area contributed by atoms with Crippen molar-refractivity contribution < 1.29 is 28.6 Å². The molecule has 1 aromatic carbocycles. The van der Waals surface area contributed by atoms with E-state index in [0.717, 1.165) is 0 Å². The van der Waals surface area contributed by atoms with Gasteiger partial charge in [0.15, 0.2) is 0 Å². The van der Waals surface area contributed by atoms with Gasteiger partial charge in [0.05, 0.1) is 6.61 Å². The van der Waals surface area contributed by atoms with Gasteiger partial charge in [-0.15, -0.1) is 0 Å². The van der Waals surface area contributed by atoms with E-state index in [1.54, 1.807) is 27.7 Å². The fourth-order valence-electron chi connectivity index (χ4n) is 1.86. The molecule has 23 heavy (non-hydrogen) atoms. The lowest BCUT2D eigenvalue weighted by atomic mass is 10.0. The largest absolute Gasteiger partial charge is 0.493 e. The molecule has 7 heteroatoms. The highest BCUT2D eigenvalue weighted by atomic mass is 19.1. The molecule has 128 valence electrons. The van der Waals surface area contributed by atoms with Gasteiger partial charge in [-0.3, -0.25) is 0 Å². The van der Waals surface area contributed by atoms with Gasteiger partial charge < -0.3 is 19.9 Å².